The first-order valence-corrected chi connectivity index (χ1v) is 6.34. The highest BCUT2D eigenvalue weighted by atomic mass is 35.5. The van der Waals surface area contributed by atoms with Crippen LogP contribution in [0.3, 0.4) is 0 Å². The molecule has 2 aromatic heterocycles. The van der Waals surface area contributed by atoms with Gasteiger partial charge in [0.05, 0.1) is 5.54 Å². The smallest absolute Gasteiger partial charge is 0.182 e. The van der Waals surface area contributed by atoms with Crippen LogP contribution >= 0.6 is 11.6 Å². The number of aryl methyl sites for hydroxylation is 1. The lowest BCUT2D eigenvalue weighted by molar-refractivity contribution is 0.356. The van der Waals surface area contributed by atoms with Crippen LogP contribution < -0.4 is 0 Å². The highest BCUT2D eigenvalue weighted by molar-refractivity contribution is 6.31. The Kier molecular flexibility index (Phi) is 3.38. The van der Waals surface area contributed by atoms with Crippen molar-refractivity contribution in [3.63, 3.8) is 0 Å². The molecule has 6 nitrogen and oxygen atoms in total. The fourth-order valence-electron chi connectivity index (χ4n) is 1.67. The molecule has 0 aromatic carbocycles. The molecular weight excluding hydrogens is 252 g/mol. The molecule has 0 aliphatic carbocycles. The number of hydrogen-bond donors (Lipinski definition) is 1. The molecule has 0 unspecified atom stereocenters. The standard InChI is InChI=1S/C11H17ClN6/c1-5-6-7-13-10(8-9(12)15-17-14-8)18(16-7)11(2,3)4/h5-6H2,1-4H3,(H,14,15,17). The van der Waals surface area contributed by atoms with Crippen molar-refractivity contribution in [3.05, 3.63) is 11.0 Å². The fourth-order valence-corrected chi connectivity index (χ4v) is 1.83. The van der Waals surface area contributed by atoms with Gasteiger partial charge in [-0.25, -0.2) is 9.67 Å². The van der Waals surface area contributed by atoms with Crippen molar-refractivity contribution in [1.29, 1.82) is 0 Å². The van der Waals surface area contributed by atoms with Gasteiger partial charge in [0.25, 0.3) is 0 Å². The fraction of sp³-hybridized carbons (Fsp3) is 0.636. The number of H-pyrrole nitrogens is 1. The summed E-state index contributed by atoms with van der Waals surface area (Å²) in [6.45, 7) is 8.29. The van der Waals surface area contributed by atoms with Gasteiger partial charge in [0, 0.05) is 6.42 Å². The van der Waals surface area contributed by atoms with Crippen molar-refractivity contribution in [2.45, 2.75) is 46.1 Å². The lowest BCUT2D eigenvalue weighted by Gasteiger charge is -2.20. The minimum Gasteiger partial charge on any atom is -0.239 e. The van der Waals surface area contributed by atoms with Gasteiger partial charge in [0.1, 0.15) is 0 Å². The molecule has 0 radical (unpaired) electrons. The van der Waals surface area contributed by atoms with Crippen LogP contribution in [0.4, 0.5) is 0 Å². The summed E-state index contributed by atoms with van der Waals surface area (Å²) in [5.74, 6) is 1.46. The Morgan fingerprint density at radius 3 is 2.50 bits per heavy atom. The van der Waals surface area contributed by atoms with Crippen molar-refractivity contribution in [2.24, 2.45) is 0 Å². The SMILES string of the molecule is CCCc1nc(-c2n[nH]nc2Cl)n(C(C)(C)C)n1. The molecule has 0 saturated heterocycles. The monoisotopic (exact) mass is 268 g/mol. The third-order valence-corrected chi connectivity index (χ3v) is 2.74. The van der Waals surface area contributed by atoms with E-state index in [1.165, 1.54) is 0 Å². The molecule has 1 N–H and O–H groups in total. The lowest BCUT2D eigenvalue weighted by atomic mass is 10.1. The Balaban J connectivity index is 2.55. The van der Waals surface area contributed by atoms with Gasteiger partial charge >= 0.3 is 0 Å². The van der Waals surface area contributed by atoms with Crippen LogP contribution in [0, 0.1) is 0 Å². The summed E-state index contributed by atoms with van der Waals surface area (Å²) < 4.78 is 1.85. The molecule has 18 heavy (non-hydrogen) atoms. The predicted molar refractivity (Wildman–Crippen MR) is 69.4 cm³/mol. The van der Waals surface area contributed by atoms with Crippen molar-refractivity contribution >= 4 is 11.6 Å². The highest BCUT2D eigenvalue weighted by Gasteiger charge is 2.25. The zero-order chi connectivity index (χ0) is 13.3. The van der Waals surface area contributed by atoms with E-state index in [9.17, 15) is 0 Å². The average Bonchev–Trinajstić information content (AvgIpc) is 2.83. The van der Waals surface area contributed by atoms with Crippen molar-refractivity contribution < 1.29 is 0 Å². The third-order valence-electron chi connectivity index (χ3n) is 2.48. The second kappa shape index (κ2) is 4.68. The van der Waals surface area contributed by atoms with Crippen LogP contribution in [0.25, 0.3) is 11.5 Å². The van der Waals surface area contributed by atoms with Crippen molar-refractivity contribution in [3.8, 4) is 11.5 Å². The van der Waals surface area contributed by atoms with Gasteiger partial charge in [-0.05, 0) is 27.2 Å². The first kappa shape index (κ1) is 13.0. The topological polar surface area (TPSA) is 72.3 Å². The maximum Gasteiger partial charge on any atom is 0.182 e. The van der Waals surface area contributed by atoms with Crippen LogP contribution in [-0.2, 0) is 12.0 Å². The first-order valence-electron chi connectivity index (χ1n) is 5.96. The number of nitrogens with zero attached hydrogens (tertiary/aromatic N) is 5. The van der Waals surface area contributed by atoms with E-state index in [0.29, 0.717) is 16.7 Å². The minimum absolute atomic E-state index is 0.184. The summed E-state index contributed by atoms with van der Waals surface area (Å²) in [6.07, 6.45) is 1.84. The minimum atomic E-state index is -0.184. The van der Waals surface area contributed by atoms with Gasteiger partial charge in [0.2, 0.25) is 0 Å². The number of halogens is 1. The first-order chi connectivity index (χ1) is 8.43. The van der Waals surface area contributed by atoms with Crippen molar-refractivity contribution in [2.75, 3.05) is 0 Å². The van der Waals surface area contributed by atoms with Crippen LogP contribution in [0.2, 0.25) is 5.15 Å². The third kappa shape index (κ3) is 2.38. The number of nitrogens with one attached hydrogen (secondary N) is 1. The Labute approximate surface area is 111 Å². The number of hydrogen-bond acceptors (Lipinski definition) is 4. The van der Waals surface area contributed by atoms with Crippen LogP contribution in [0.1, 0.15) is 39.9 Å². The van der Waals surface area contributed by atoms with E-state index in [2.05, 4.69) is 53.2 Å². The zero-order valence-corrected chi connectivity index (χ0v) is 11.8. The molecule has 0 fully saturated rings. The maximum absolute atomic E-state index is 6.00. The Hall–Kier alpha value is -1.43. The molecule has 0 amide bonds. The molecular formula is C11H17ClN6. The number of rotatable bonds is 3. The molecule has 0 bridgehead atoms. The summed E-state index contributed by atoms with van der Waals surface area (Å²) in [4.78, 5) is 4.51. The number of aromatic nitrogens is 6. The van der Waals surface area contributed by atoms with E-state index in [4.69, 9.17) is 11.6 Å². The van der Waals surface area contributed by atoms with Gasteiger partial charge in [-0.2, -0.15) is 15.4 Å². The van der Waals surface area contributed by atoms with E-state index in [1.807, 2.05) is 4.68 Å². The summed E-state index contributed by atoms with van der Waals surface area (Å²) in [7, 11) is 0. The van der Waals surface area contributed by atoms with Crippen LogP contribution in [0.5, 0.6) is 0 Å². The molecule has 0 aliphatic heterocycles. The van der Waals surface area contributed by atoms with E-state index >= 15 is 0 Å². The molecule has 0 saturated carbocycles. The summed E-state index contributed by atoms with van der Waals surface area (Å²) in [5.41, 5.74) is 0.359. The normalized spacial score (nSPS) is 12.1. The largest absolute Gasteiger partial charge is 0.239 e. The molecule has 2 heterocycles. The maximum atomic E-state index is 6.00. The molecule has 0 atom stereocenters. The predicted octanol–water partition coefficient (Wildman–Crippen LogP) is 2.42. The Morgan fingerprint density at radius 1 is 1.28 bits per heavy atom. The Bertz CT molecular complexity index is 536. The quantitative estimate of drug-likeness (QED) is 0.928. The molecule has 2 aromatic rings. The van der Waals surface area contributed by atoms with Gasteiger partial charge in [0.15, 0.2) is 22.5 Å². The second-order valence-electron chi connectivity index (χ2n) is 5.15. The summed E-state index contributed by atoms with van der Waals surface area (Å²) in [5, 5.41) is 15.2. The number of aromatic amines is 1. The van der Waals surface area contributed by atoms with E-state index in [1.54, 1.807) is 0 Å². The molecule has 2 rings (SSSR count). The molecule has 0 spiro atoms. The highest BCUT2D eigenvalue weighted by Crippen LogP contribution is 2.26. The van der Waals surface area contributed by atoms with Gasteiger partial charge < -0.3 is 0 Å². The average molecular weight is 269 g/mol. The van der Waals surface area contributed by atoms with Crippen LogP contribution in [0.15, 0.2) is 0 Å². The Morgan fingerprint density at radius 2 is 2.00 bits per heavy atom. The van der Waals surface area contributed by atoms with Gasteiger partial charge in [-0.15, -0.1) is 5.10 Å². The van der Waals surface area contributed by atoms with Crippen LogP contribution in [-0.4, -0.2) is 30.2 Å². The lowest BCUT2D eigenvalue weighted by Crippen LogP contribution is -2.24. The van der Waals surface area contributed by atoms with Crippen molar-refractivity contribution in [1.82, 2.24) is 30.2 Å². The molecule has 98 valence electrons. The summed E-state index contributed by atoms with van der Waals surface area (Å²) >= 11 is 6.00. The van der Waals surface area contributed by atoms with E-state index in [0.717, 1.165) is 18.7 Å². The van der Waals surface area contributed by atoms with Gasteiger partial charge in [-0.3, -0.25) is 0 Å². The van der Waals surface area contributed by atoms with E-state index < -0.39 is 0 Å². The molecule has 0 aliphatic rings. The van der Waals surface area contributed by atoms with E-state index in [-0.39, 0.29) is 5.54 Å². The van der Waals surface area contributed by atoms with Gasteiger partial charge in [-0.1, -0.05) is 18.5 Å². The summed E-state index contributed by atoms with van der Waals surface area (Å²) in [6, 6.07) is 0. The zero-order valence-electron chi connectivity index (χ0n) is 11.0. The molecule has 7 heteroatoms. The second-order valence-corrected chi connectivity index (χ2v) is 5.51.